The van der Waals surface area contributed by atoms with E-state index >= 15 is 0 Å². The van der Waals surface area contributed by atoms with Crippen LogP contribution in [0.5, 0.6) is 5.75 Å². The molecule has 0 unspecified atom stereocenters. The molecule has 7 nitrogen and oxygen atoms in total. The van der Waals surface area contributed by atoms with Gasteiger partial charge in [-0.25, -0.2) is 14.6 Å². The average Bonchev–Trinajstić information content (AvgIpc) is 2.38. The zero-order valence-corrected chi connectivity index (χ0v) is 9.25. The standard InChI is InChI=1S/C11H8N2O5/c1-18-11(17)8-9(14)6-5(3-2-4-12-6)7(13-8)10(15)16/h2-4,14H,1H3,(H,15,16). The fourth-order valence-electron chi connectivity index (χ4n) is 1.52. The number of nitrogens with zero attached hydrogens (tertiary/aromatic N) is 2. The van der Waals surface area contributed by atoms with E-state index < -0.39 is 23.4 Å². The van der Waals surface area contributed by atoms with Gasteiger partial charge in [-0.2, -0.15) is 0 Å². The van der Waals surface area contributed by atoms with Crippen LogP contribution in [0.3, 0.4) is 0 Å². The molecular formula is C11H8N2O5. The zero-order chi connectivity index (χ0) is 13.3. The fraction of sp³-hybridized carbons (Fsp3) is 0.0909. The molecule has 2 aromatic rings. The van der Waals surface area contributed by atoms with E-state index in [4.69, 9.17) is 5.11 Å². The number of ether oxygens (including phenoxy) is 1. The predicted molar refractivity (Wildman–Crippen MR) is 59.5 cm³/mol. The fourth-order valence-corrected chi connectivity index (χ4v) is 1.52. The monoisotopic (exact) mass is 248 g/mol. The Hall–Kier alpha value is -2.70. The highest BCUT2D eigenvalue weighted by Gasteiger charge is 2.22. The van der Waals surface area contributed by atoms with Crippen molar-refractivity contribution in [3.63, 3.8) is 0 Å². The number of esters is 1. The number of hydrogen-bond donors (Lipinski definition) is 2. The number of aromatic nitrogens is 2. The molecule has 0 aromatic carbocycles. The van der Waals surface area contributed by atoms with Gasteiger partial charge < -0.3 is 14.9 Å². The van der Waals surface area contributed by atoms with Gasteiger partial charge in [0, 0.05) is 11.6 Å². The third kappa shape index (κ3) is 1.71. The van der Waals surface area contributed by atoms with E-state index in [1.54, 1.807) is 0 Å². The first-order valence-electron chi connectivity index (χ1n) is 4.85. The highest BCUT2D eigenvalue weighted by Crippen LogP contribution is 2.28. The smallest absolute Gasteiger partial charge is 0.360 e. The lowest BCUT2D eigenvalue weighted by Gasteiger charge is -2.07. The number of hydrogen-bond acceptors (Lipinski definition) is 6. The maximum absolute atomic E-state index is 11.4. The average molecular weight is 248 g/mol. The molecule has 0 atom stereocenters. The molecule has 92 valence electrons. The molecule has 2 N–H and O–H groups in total. The van der Waals surface area contributed by atoms with Crippen molar-refractivity contribution in [1.29, 1.82) is 0 Å². The van der Waals surface area contributed by atoms with Crippen LogP contribution in [-0.4, -0.2) is 39.2 Å². The molecule has 0 saturated heterocycles. The number of aromatic carboxylic acids is 1. The first-order chi connectivity index (χ1) is 8.56. The van der Waals surface area contributed by atoms with Crippen LogP contribution < -0.4 is 0 Å². The second-order valence-electron chi connectivity index (χ2n) is 3.35. The van der Waals surface area contributed by atoms with Crippen LogP contribution in [0.25, 0.3) is 10.9 Å². The van der Waals surface area contributed by atoms with Gasteiger partial charge in [0.2, 0.25) is 0 Å². The summed E-state index contributed by atoms with van der Waals surface area (Å²) in [5.74, 6) is -2.75. The van der Waals surface area contributed by atoms with Crippen molar-refractivity contribution in [2.24, 2.45) is 0 Å². The zero-order valence-electron chi connectivity index (χ0n) is 9.25. The van der Waals surface area contributed by atoms with E-state index in [0.717, 1.165) is 7.11 Å². The highest BCUT2D eigenvalue weighted by molar-refractivity contribution is 6.06. The molecule has 0 amide bonds. The van der Waals surface area contributed by atoms with Crippen LogP contribution in [-0.2, 0) is 4.74 Å². The molecule has 0 aliphatic rings. The summed E-state index contributed by atoms with van der Waals surface area (Å²) in [6.07, 6.45) is 1.37. The van der Waals surface area contributed by atoms with Crippen LogP contribution in [0.1, 0.15) is 21.0 Å². The van der Waals surface area contributed by atoms with E-state index in [-0.39, 0.29) is 16.6 Å². The molecule has 2 heterocycles. The number of carboxylic acids is 1. The molecule has 0 spiro atoms. The molecule has 0 bridgehead atoms. The van der Waals surface area contributed by atoms with Crippen molar-refractivity contribution >= 4 is 22.8 Å². The van der Waals surface area contributed by atoms with Gasteiger partial charge in [-0.3, -0.25) is 4.98 Å². The molecule has 0 aliphatic heterocycles. The Morgan fingerprint density at radius 2 is 2.06 bits per heavy atom. The van der Waals surface area contributed by atoms with Crippen LogP contribution in [0.2, 0.25) is 0 Å². The lowest BCUT2D eigenvalue weighted by Crippen LogP contribution is -2.11. The summed E-state index contributed by atoms with van der Waals surface area (Å²) in [5, 5.41) is 19.0. The van der Waals surface area contributed by atoms with E-state index in [1.807, 2.05) is 0 Å². The summed E-state index contributed by atoms with van der Waals surface area (Å²) >= 11 is 0. The third-order valence-electron chi connectivity index (χ3n) is 2.32. The molecule has 0 fully saturated rings. The first-order valence-corrected chi connectivity index (χ1v) is 4.85. The Balaban J connectivity index is 2.87. The Morgan fingerprint density at radius 3 is 2.67 bits per heavy atom. The summed E-state index contributed by atoms with van der Waals surface area (Å²) in [6, 6.07) is 2.95. The summed E-state index contributed by atoms with van der Waals surface area (Å²) < 4.78 is 4.42. The van der Waals surface area contributed by atoms with E-state index in [0.29, 0.717) is 0 Å². The second kappa shape index (κ2) is 4.28. The Labute approximate surface area is 101 Å². The van der Waals surface area contributed by atoms with Crippen molar-refractivity contribution < 1.29 is 24.5 Å². The van der Waals surface area contributed by atoms with Crippen LogP contribution in [0.4, 0.5) is 0 Å². The molecular weight excluding hydrogens is 240 g/mol. The lowest BCUT2D eigenvalue weighted by molar-refractivity contribution is 0.0590. The number of pyridine rings is 2. The van der Waals surface area contributed by atoms with E-state index in [2.05, 4.69) is 14.7 Å². The van der Waals surface area contributed by atoms with Crippen molar-refractivity contribution in [3.05, 3.63) is 29.7 Å². The van der Waals surface area contributed by atoms with Crippen LogP contribution in [0, 0.1) is 0 Å². The molecule has 2 aromatic heterocycles. The number of fused-ring (bicyclic) bond motifs is 1. The summed E-state index contributed by atoms with van der Waals surface area (Å²) in [6.45, 7) is 0. The van der Waals surface area contributed by atoms with Crippen LogP contribution in [0.15, 0.2) is 18.3 Å². The topological polar surface area (TPSA) is 110 Å². The van der Waals surface area contributed by atoms with E-state index in [9.17, 15) is 14.7 Å². The van der Waals surface area contributed by atoms with E-state index in [1.165, 1.54) is 18.3 Å². The number of carbonyl (C=O) groups excluding carboxylic acids is 1. The number of aromatic hydroxyl groups is 1. The highest BCUT2D eigenvalue weighted by atomic mass is 16.5. The summed E-state index contributed by atoms with van der Waals surface area (Å²) in [5.41, 5.74) is -0.845. The third-order valence-corrected chi connectivity index (χ3v) is 2.32. The quantitative estimate of drug-likeness (QED) is 0.757. The molecule has 0 saturated carbocycles. The van der Waals surface area contributed by atoms with Gasteiger partial charge in [0.25, 0.3) is 0 Å². The van der Waals surface area contributed by atoms with Gasteiger partial charge in [0.1, 0.15) is 5.52 Å². The largest absolute Gasteiger partial charge is 0.504 e. The first kappa shape index (κ1) is 11.8. The minimum atomic E-state index is -1.32. The maximum atomic E-state index is 11.4. The SMILES string of the molecule is COC(=O)c1nc(C(=O)O)c2cccnc2c1O. The van der Waals surface area contributed by atoms with Gasteiger partial charge in [-0.1, -0.05) is 0 Å². The Kier molecular flexibility index (Phi) is 2.80. The number of carboxylic acid groups (broad SMARTS) is 1. The minimum absolute atomic E-state index is 0.00898. The Morgan fingerprint density at radius 1 is 1.33 bits per heavy atom. The van der Waals surface area contributed by atoms with Crippen molar-refractivity contribution in [3.8, 4) is 5.75 Å². The summed E-state index contributed by atoms with van der Waals surface area (Å²) in [7, 11) is 1.10. The van der Waals surface area contributed by atoms with Gasteiger partial charge >= 0.3 is 11.9 Å². The predicted octanol–water partition coefficient (Wildman–Crippen LogP) is 0.820. The second-order valence-corrected chi connectivity index (χ2v) is 3.35. The van der Waals surface area contributed by atoms with Crippen molar-refractivity contribution in [2.75, 3.05) is 7.11 Å². The molecule has 0 radical (unpaired) electrons. The molecule has 2 rings (SSSR count). The summed E-state index contributed by atoms with van der Waals surface area (Å²) in [4.78, 5) is 29.9. The maximum Gasteiger partial charge on any atom is 0.360 e. The molecule has 7 heteroatoms. The van der Waals surface area contributed by atoms with Gasteiger partial charge in [-0.05, 0) is 12.1 Å². The molecule has 0 aliphatic carbocycles. The number of rotatable bonds is 2. The van der Waals surface area contributed by atoms with Crippen molar-refractivity contribution in [2.45, 2.75) is 0 Å². The lowest BCUT2D eigenvalue weighted by atomic mass is 10.1. The Bertz CT molecular complexity index is 653. The number of carbonyl (C=O) groups is 2. The normalized spacial score (nSPS) is 10.3. The van der Waals surface area contributed by atoms with Gasteiger partial charge in [-0.15, -0.1) is 0 Å². The van der Waals surface area contributed by atoms with Gasteiger partial charge in [0.05, 0.1) is 7.11 Å². The van der Waals surface area contributed by atoms with Crippen LogP contribution >= 0.6 is 0 Å². The van der Waals surface area contributed by atoms with Crippen molar-refractivity contribution in [1.82, 2.24) is 9.97 Å². The molecule has 18 heavy (non-hydrogen) atoms. The minimum Gasteiger partial charge on any atom is -0.504 e. The van der Waals surface area contributed by atoms with Gasteiger partial charge in [0.15, 0.2) is 17.1 Å². The number of methoxy groups -OCH3 is 1.